The van der Waals surface area contributed by atoms with Crippen molar-refractivity contribution in [2.75, 3.05) is 19.8 Å². The van der Waals surface area contributed by atoms with Crippen LogP contribution in [0.25, 0.3) is 0 Å². The molecule has 21 heavy (non-hydrogen) atoms. The second-order valence-electron chi connectivity index (χ2n) is 4.99. The maximum atomic E-state index is 12.5. The van der Waals surface area contributed by atoms with Crippen molar-refractivity contribution in [3.8, 4) is 0 Å². The van der Waals surface area contributed by atoms with Crippen molar-refractivity contribution in [3.05, 3.63) is 35.4 Å². The van der Waals surface area contributed by atoms with E-state index in [1.54, 1.807) is 12.1 Å². The van der Waals surface area contributed by atoms with Gasteiger partial charge in [0.25, 0.3) is 0 Å². The lowest BCUT2D eigenvalue weighted by Crippen LogP contribution is -2.31. The molecule has 1 atom stereocenters. The van der Waals surface area contributed by atoms with Crippen molar-refractivity contribution in [2.45, 2.75) is 45.3 Å². The molecular weight excluding hydrogens is 279 g/mol. The summed E-state index contributed by atoms with van der Waals surface area (Å²) in [5.41, 5.74) is 0.327. The first-order valence-electron chi connectivity index (χ1n) is 7.44. The van der Waals surface area contributed by atoms with Crippen molar-refractivity contribution < 1.29 is 17.9 Å². The first-order valence-corrected chi connectivity index (χ1v) is 7.44. The van der Waals surface area contributed by atoms with Crippen molar-refractivity contribution in [2.24, 2.45) is 0 Å². The zero-order chi connectivity index (χ0) is 15.7. The fraction of sp³-hybridized carbons (Fsp3) is 0.625. The van der Waals surface area contributed by atoms with Crippen LogP contribution in [0.5, 0.6) is 0 Å². The summed E-state index contributed by atoms with van der Waals surface area (Å²) in [5.74, 6) is 0. The van der Waals surface area contributed by atoms with Gasteiger partial charge < -0.3 is 10.1 Å². The summed E-state index contributed by atoms with van der Waals surface area (Å²) in [6, 6.07) is 5.70. The Morgan fingerprint density at radius 1 is 1.14 bits per heavy atom. The maximum absolute atomic E-state index is 12.5. The highest BCUT2D eigenvalue weighted by molar-refractivity contribution is 5.25. The summed E-state index contributed by atoms with van der Waals surface area (Å²) in [5, 5.41) is 3.38. The first kappa shape index (κ1) is 18.0. The highest BCUT2D eigenvalue weighted by Gasteiger charge is 2.29. The Bertz CT molecular complexity index is 390. The lowest BCUT2D eigenvalue weighted by molar-refractivity contribution is -0.137. The number of hydrogen-bond donors (Lipinski definition) is 1. The van der Waals surface area contributed by atoms with E-state index in [9.17, 15) is 13.2 Å². The molecule has 0 heterocycles. The predicted molar refractivity (Wildman–Crippen MR) is 78.3 cm³/mol. The Labute approximate surface area is 124 Å². The van der Waals surface area contributed by atoms with Gasteiger partial charge in [-0.2, -0.15) is 13.2 Å². The van der Waals surface area contributed by atoms with Gasteiger partial charge in [-0.05, 0) is 50.4 Å². The number of benzene rings is 1. The van der Waals surface area contributed by atoms with E-state index in [4.69, 9.17) is 4.74 Å². The molecule has 0 saturated heterocycles. The van der Waals surface area contributed by atoms with Crippen molar-refractivity contribution in [1.29, 1.82) is 0 Å². The Morgan fingerprint density at radius 2 is 1.81 bits per heavy atom. The van der Waals surface area contributed by atoms with Crippen LogP contribution < -0.4 is 5.32 Å². The Morgan fingerprint density at radius 3 is 2.33 bits per heavy atom. The van der Waals surface area contributed by atoms with Crippen LogP contribution in [0.2, 0.25) is 0 Å². The molecule has 2 nitrogen and oxygen atoms in total. The molecule has 0 aliphatic carbocycles. The van der Waals surface area contributed by atoms with Crippen molar-refractivity contribution >= 4 is 0 Å². The molecule has 0 fully saturated rings. The van der Waals surface area contributed by atoms with E-state index in [2.05, 4.69) is 5.32 Å². The van der Waals surface area contributed by atoms with E-state index in [0.717, 1.165) is 50.1 Å². The van der Waals surface area contributed by atoms with Crippen LogP contribution in [0.1, 0.15) is 37.8 Å². The van der Waals surface area contributed by atoms with Gasteiger partial charge in [-0.15, -0.1) is 0 Å². The lowest BCUT2D eigenvalue weighted by atomic mass is 10.0. The molecule has 0 spiro atoms. The molecule has 5 heteroatoms. The summed E-state index contributed by atoms with van der Waals surface area (Å²) in [7, 11) is 0. The van der Waals surface area contributed by atoms with Gasteiger partial charge in [0.1, 0.15) is 0 Å². The van der Waals surface area contributed by atoms with Gasteiger partial charge >= 0.3 is 6.18 Å². The fourth-order valence-electron chi connectivity index (χ4n) is 2.26. The topological polar surface area (TPSA) is 21.3 Å². The predicted octanol–water partition coefficient (Wildman–Crippen LogP) is 4.04. The van der Waals surface area contributed by atoms with Gasteiger partial charge in [-0.3, -0.25) is 0 Å². The number of nitrogens with one attached hydrogen (secondary N) is 1. The van der Waals surface area contributed by atoms with Gasteiger partial charge in [0.2, 0.25) is 0 Å². The summed E-state index contributed by atoms with van der Waals surface area (Å²) < 4.78 is 42.9. The fourth-order valence-corrected chi connectivity index (χ4v) is 2.26. The van der Waals surface area contributed by atoms with E-state index < -0.39 is 11.7 Å². The van der Waals surface area contributed by atoms with E-state index in [-0.39, 0.29) is 6.04 Å². The smallest absolute Gasteiger partial charge is 0.382 e. The van der Waals surface area contributed by atoms with Crippen molar-refractivity contribution in [1.82, 2.24) is 5.32 Å². The minimum Gasteiger partial charge on any atom is -0.382 e. The lowest BCUT2D eigenvalue weighted by Gasteiger charge is -2.18. The number of hydrogen-bond acceptors (Lipinski definition) is 2. The molecule has 0 aliphatic rings. The first-order chi connectivity index (χ1) is 9.97. The summed E-state index contributed by atoms with van der Waals surface area (Å²) >= 11 is 0. The van der Waals surface area contributed by atoms with Crippen LogP contribution >= 0.6 is 0 Å². The average Bonchev–Trinajstić information content (AvgIpc) is 2.43. The highest BCUT2D eigenvalue weighted by atomic mass is 19.4. The summed E-state index contributed by atoms with van der Waals surface area (Å²) in [4.78, 5) is 0. The second-order valence-corrected chi connectivity index (χ2v) is 4.99. The third-order valence-corrected chi connectivity index (χ3v) is 3.30. The molecule has 1 aromatic carbocycles. The van der Waals surface area contributed by atoms with Crippen LogP contribution in [0, 0.1) is 0 Å². The maximum Gasteiger partial charge on any atom is 0.416 e. The van der Waals surface area contributed by atoms with Gasteiger partial charge in [-0.1, -0.05) is 19.1 Å². The van der Waals surface area contributed by atoms with Gasteiger partial charge in [0.15, 0.2) is 0 Å². The molecule has 0 aromatic heterocycles. The van der Waals surface area contributed by atoms with Crippen LogP contribution in [0.3, 0.4) is 0 Å². The molecule has 0 amide bonds. The van der Waals surface area contributed by atoms with Gasteiger partial charge in [0.05, 0.1) is 5.56 Å². The molecule has 0 bridgehead atoms. The summed E-state index contributed by atoms with van der Waals surface area (Å²) in [6.45, 7) is 6.28. The van der Waals surface area contributed by atoms with Gasteiger partial charge in [0, 0.05) is 19.3 Å². The monoisotopic (exact) mass is 303 g/mol. The van der Waals surface area contributed by atoms with E-state index in [0.29, 0.717) is 6.61 Å². The number of alkyl halides is 3. The minimum absolute atomic E-state index is 0.271. The Kier molecular flexibility index (Phi) is 7.75. The molecule has 0 saturated carbocycles. The standard InChI is InChI=1S/C16H24F3NO/c1-3-20-15(6-5-11-21-4-2)12-13-7-9-14(10-8-13)16(17,18)19/h7-10,15,20H,3-6,11-12H2,1-2H3. The number of rotatable bonds is 9. The van der Waals surface area contributed by atoms with Crippen LogP contribution in [0.4, 0.5) is 13.2 Å². The Balaban J connectivity index is 2.54. The third-order valence-electron chi connectivity index (χ3n) is 3.30. The number of halogens is 3. The van der Waals surface area contributed by atoms with E-state index in [1.165, 1.54) is 0 Å². The molecular formula is C16H24F3NO. The zero-order valence-electron chi connectivity index (χ0n) is 12.7. The molecule has 1 aromatic rings. The zero-order valence-corrected chi connectivity index (χ0v) is 12.7. The van der Waals surface area contributed by atoms with Crippen LogP contribution in [0.15, 0.2) is 24.3 Å². The van der Waals surface area contributed by atoms with Crippen LogP contribution in [-0.2, 0) is 17.3 Å². The Hall–Kier alpha value is -1.07. The third kappa shape index (κ3) is 6.96. The summed E-state index contributed by atoms with van der Waals surface area (Å²) in [6.07, 6.45) is -1.63. The quantitative estimate of drug-likeness (QED) is 0.695. The molecule has 120 valence electrons. The molecule has 1 N–H and O–H groups in total. The minimum atomic E-state index is -4.27. The SMILES string of the molecule is CCNC(CCCOCC)Cc1ccc(C(F)(F)F)cc1. The highest BCUT2D eigenvalue weighted by Crippen LogP contribution is 2.29. The largest absolute Gasteiger partial charge is 0.416 e. The molecule has 0 radical (unpaired) electrons. The van der Waals surface area contributed by atoms with E-state index >= 15 is 0 Å². The van der Waals surface area contributed by atoms with Gasteiger partial charge in [-0.25, -0.2) is 0 Å². The number of ether oxygens (including phenoxy) is 1. The molecule has 0 aliphatic heterocycles. The van der Waals surface area contributed by atoms with E-state index in [1.807, 2.05) is 13.8 Å². The van der Waals surface area contributed by atoms with Crippen LogP contribution in [-0.4, -0.2) is 25.8 Å². The second kappa shape index (κ2) is 9.05. The normalized spacial score (nSPS) is 13.4. The average molecular weight is 303 g/mol. The molecule has 1 unspecified atom stereocenters. The van der Waals surface area contributed by atoms with Crippen molar-refractivity contribution in [3.63, 3.8) is 0 Å². The number of likely N-dealkylation sites (N-methyl/N-ethyl adjacent to an activating group) is 1. The molecule has 1 rings (SSSR count).